The van der Waals surface area contributed by atoms with E-state index in [9.17, 15) is 18.0 Å². The minimum absolute atomic E-state index is 0.0366. The van der Waals surface area contributed by atoms with E-state index in [1.165, 1.54) is 35.2 Å². The van der Waals surface area contributed by atoms with Gasteiger partial charge in [0.15, 0.2) is 0 Å². The molecular formula is C28H31Cl2N3O4S. The lowest BCUT2D eigenvalue weighted by molar-refractivity contribution is -0.139. The first kappa shape index (κ1) is 29.5. The van der Waals surface area contributed by atoms with E-state index < -0.39 is 28.5 Å². The number of carbonyl (C=O) groups is 2. The second-order valence-electron chi connectivity index (χ2n) is 9.30. The van der Waals surface area contributed by atoms with Gasteiger partial charge >= 0.3 is 0 Å². The first-order valence-electron chi connectivity index (χ1n) is 12.1. The molecule has 3 aromatic carbocycles. The summed E-state index contributed by atoms with van der Waals surface area (Å²) in [4.78, 5) is 28.1. The number of sulfonamides is 1. The molecule has 1 N–H and O–H groups in total. The van der Waals surface area contributed by atoms with Gasteiger partial charge < -0.3 is 10.2 Å². The number of carbonyl (C=O) groups excluding carboxylic acids is 2. The van der Waals surface area contributed by atoms with Crippen LogP contribution in [0.3, 0.4) is 0 Å². The zero-order valence-electron chi connectivity index (χ0n) is 21.7. The van der Waals surface area contributed by atoms with Gasteiger partial charge in [0.05, 0.1) is 10.6 Å². The predicted molar refractivity (Wildman–Crippen MR) is 152 cm³/mol. The molecule has 0 bridgehead atoms. The van der Waals surface area contributed by atoms with E-state index in [1.807, 2.05) is 45.0 Å². The first-order chi connectivity index (χ1) is 17.9. The minimum Gasteiger partial charge on any atom is -0.352 e. The molecule has 10 heteroatoms. The third-order valence-electron chi connectivity index (χ3n) is 5.81. The second kappa shape index (κ2) is 12.7. The van der Waals surface area contributed by atoms with E-state index in [2.05, 4.69) is 5.32 Å². The Morgan fingerprint density at radius 2 is 1.55 bits per heavy atom. The van der Waals surface area contributed by atoms with E-state index in [0.29, 0.717) is 10.0 Å². The van der Waals surface area contributed by atoms with Crippen molar-refractivity contribution in [3.8, 4) is 0 Å². The van der Waals surface area contributed by atoms with Crippen molar-refractivity contribution in [2.45, 2.75) is 51.2 Å². The summed E-state index contributed by atoms with van der Waals surface area (Å²) in [5.41, 5.74) is 2.04. The normalized spacial score (nSPS) is 12.2. The third kappa shape index (κ3) is 7.49. The van der Waals surface area contributed by atoms with E-state index in [1.54, 1.807) is 25.1 Å². The summed E-state index contributed by atoms with van der Waals surface area (Å²) >= 11 is 12.1. The molecular weight excluding hydrogens is 545 g/mol. The Balaban J connectivity index is 2.03. The zero-order valence-corrected chi connectivity index (χ0v) is 24.0. The molecule has 0 heterocycles. The molecule has 0 aliphatic carbocycles. The fourth-order valence-electron chi connectivity index (χ4n) is 3.89. The molecule has 7 nitrogen and oxygen atoms in total. The van der Waals surface area contributed by atoms with E-state index in [-0.39, 0.29) is 29.1 Å². The van der Waals surface area contributed by atoms with Crippen LogP contribution in [0.15, 0.2) is 77.7 Å². The summed E-state index contributed by atoms with van der Waals surface area (Å²) in [5.74, 6) is -0.883. The third-order valence-corrected chi connectivity index (χ3v) is 8.09. The summed E-state index contributed by atoms with van der Waals surface area (Å²) in [6.07, 6.45) is 0. The average Bonchev–Trinajstić information content (AvgIpc) is 2.85. The number of halogens is 2. The molecule has 0 fully saturated rings. The van der Waals surface area contributed by atoms with Crippen LogP contribution in [0.1, 0.15) is 31.9 Å². The molecule has 0 radical (unpaired) electrons. The van der Waals surface area contributed by atoms with Crippen LogP contribution in [0.2, 0.25) is 10.0 Å². The van der Waals surface area contributed by atoms with Crippen molar-refractivity contribution >= 4 is 50.7 Å². The van der Waals surface area contributed by atoms with Gasteiger partial charge in [0.25, 0.3) is 10.0 Å². The Kier molecular flexibility index (Phi) is 9.82. The monoisotopic (exact) mass is 575 g/mol. The highest BCUT2D eigenvalue weighted by atomic mass is 35.5. The highest BCUT2D eigenvalue weighted by molar-refractivity contribution is 7.92. The largest absolute Gasteiger partial charge is 0.352 e. The number of nitrogens with zero attached hydrogens (tertiary/aromatic N) is 2. The Bertz CT molecular complexity index is 1400. The van der Waals surface area contributed by atoms with Gasteiger partial charge in [-0.3, -0.25) is 13.9 Å². The maximum atomic E-state index is 13.9. The lowest BCUT2D eigenvalue weighted by Gasteiger charge is -2.32. The molecule has 0 aromatic heterocycles. The highest BCUT2D eigenvalue weighted by Crippen LogP contribution is 2.27. The summed E-state index contributed by atoms with van der Waals surface area (Å²) < 4.78 is 28.5. The van der Waals surface area contributed by atoms with E-state index in [4.69, 9.17) is 23.2 Å². The van der Waals surface area contributed by atoms with Crippen molar-refractivity contribution in [2.75, 3.05) is 10.8 Å². The van der Waals surface area contributed by atoms with Crippen LogP contribution in [0.5, 0.6) is 0 Å². The Morgan fingerprint density at radius 1 is 0.895 bits per heavy atom. The molecule has 0 saturated heterocycles. The number of amides is 2. The Morgan fingerprint density at radius 3 is 2.16 bits per heavy atom. The average molecular weight is 577 g/mol. The maximum Gasteiger partial charge on any atom is 0.264 e. The van der Waals surface area contributed by atoms with Gasteiger partial charge in [0.1, 0.15) is 12.6 Å². The lowest BCUT2D eigenvalue weighted by Crippen LogP contribution is -2.52. The van der Waals surface area contributed by atoms with Crippen LogP contribution < -0.4 is 9.62 Å². The van der Waals surface area contributed by atoms with E-state index >= 15 is 0 Å². The Labute approximate surface area is 234 Å². The van der Waals surface area contributed by atoms with Crippen molar-refractivity contribution < 1.29 is 18.0 Å². The first-order valence-corrected chi connectivity index (χ1v) is 14.3. The van der Waals surface area contributed by atoms with Gasteiger partial charge in [-0.25, -0.2) is 8.42 Å². The molecule has 0 saturated carbocycles. The van der Waals surface area contributed by atoms with Crippen molar-refractivity contribution in [3.05, 3.63) is 94.0 Å². The van der Waals surface area contributed by atoms with Crippen LogP contribution in [-0.2, 0) is 26.2 Å². The summed E-state index contributed by atoms with van der Waals surface area (Å²) in [6, 6.07) is 18.5. The number of benzene rings is 3. The number of hydrogen-bond acceptors (Lipinski definition) is 4. The van der Waals surface area contributed by atoms with Crippen molar-refractivity contribution in [3.63, 3.8) is 0 Å². The lowest BCUT2D eigenvalue weighted by atomic mass is 10.1. The quantitative estimate of drug-likeness (QED) is 0.348. The molecule has 3 rings (SSSR count). The molecule has 0 unspecified atom stereocenters. The van der Waals surface area contributed by atoms with Gasteiger partial charge in [-0.2, -0.15) is 0 Å². The van der Waals surface area contributed by atoms with Gasteiger partial charge in [-0.05, 0) is 75.7 Å². The number of nitrogens with one attached hydrogen (secondary N) is 1. The fourth-order valence-corrected chi connectivity index (χ4v) is 5.61. The van der Waals surface area contributed by atoms with Crippen molar-refractivity contribution in [1.29, 1.82) is 0 Å². The molecule has 1 atom stereocenters. The van der Waals surface area contributed by atoms with Crippen LogP contribution in [0.4, 0.5) is 5.69 Å². The highest BCUT2D eigenvalue weighted by Gasteiger charge is 2.32. The molecule has 0 spiro atoms. The summed E-state index contributed by atoms with van der Waals surface area (Å²) in [7, 11) is -4.19. The maximum absolute atomic E-state index is 13.9. The smallest absolute Gasteiger partial charge is 0.264 e. The molecule has 3 aromatic rings. The predicted octanol–water partition coefficient (Wildman–Crippen LogP) is 5.44. The molecule has 202 valence electrons. The van der Waals surface area contributed by atoms with Crippen LogP contribution in [0.25, 0.3) is 0 Å². The van der Waals surface area contributed by atoms with Crippen LogP contribution >= 0.6 is 23.2 Å². The number of aryl methyl sites for hydroxylation is 1. The number of hydrogen-bond donors (Lipinski definition) is 1. The van der Waals surface area contributed by atoms with Gasteiger partial charge in [-0.1, -0.05) is 59.1 Å². The topological polar surface area (TPSA) is 86.8 Å². The van der Waals surface area contributed by atoms with Crippen molar-refractivity contribution in [1.82, 2.24) is 10.2 Å². The molecule has 38 heavy (non-hydrogen) atoms. The van der Waals surface area contributed by atoms with E-state index in [0.717, 1.165) is 15.4 Å². The minimum atomic E-state index is -4.19. The second-order valence-corrected chi connectivity index (χ2v) is 12.0. The molecule has 0 aliphatic heterocycles. The SMILES string of the molecule is Cc1cccc(CN(C(=O)CN(c2cccc(Cl)c2)S(=O)(=O)c2ccc(Cl)cc2)[C@H](C)C(=O)NC(C)C)c1. The molecule has 2 amide bonds. The standard InChI is InChI=1S/C28H31Cl2N3O4S/c1-19(2)31-28(35)21(4)32(17-22-8-5-7-20(3)15-22)27(34)18-33(25-10-6-9-24(30)16-25)38(36,37)26-13-11-23(29)12-14-26/h5-16,19,21H,17-18H2,1-4H3,(H,31,35)/t21-/m1/s1. The van der Waals surface area contributed by atoms with Gasteiger partial charge in [-0.15, -0.1) is 0 Å². The fraction of sp³-hybridized carbons (Fsp3) is 0.286. The number of anilines is 1. The van der Waals surface area contributed by atoms with Gasteiger partial charge in [0.2, 0.25) is 11.8 Å². The number of rotatable bonds is 10. The zero-order chi connectivity index (χ0) is 28.0. The molecule has 0 aliphatic rings. The van der Waals surface area contributed by atoms with Gasteiger partial charge in [0, 0.05) is 22.6 Å². The van der Waals surface area contributed by atoms with Crippen LogP contribution in [-0.4, -0.2) is 43.8 Å². The van der Waals surface area contributed by atoms with Crippen molar-refractivity contribution in [2.24, 2.45) is 0 Å². The summed E-state index contributed by atoms with van der Waals surface area (Å²) in [6.45, 7) is 6.80. The summed E-state index contributed by atoms with van der Waals surface area (Å²) in [5, 5.41) is 3.53. The Hall–Kier alpha value is -3.07. The van der Waals surface area contributed by atoms with Crippen LogP contribution in [0, 0.1) is 6.92 Å².